The van der Waals surface area contributed by atoms with Gasteiger partial charge < -0.3 is 5.32 Å². The quantitative estimate of drug-likeness (QED) is 0.505. The van der Waals surface area contributed by atoms with E-state index in [2.05, 4.69) is 33.0 Å². The van der Waals surface area contributed by atoms with Crippen LogP contribution in [0.25, 0.3) is 0 Å². The van der Waals surface area contributed by atoms with Gasteiger partial charge in [-0.1, -0.05) is 66.2 Å². The summed E-state index contributed by atoms with van der Waals surface area (Å²) in [6, 6.07) is 0.799. The van der Waals surface area contributed by atoms with Crippen LogP contribution in [0.4, 0.5) is 0 Å². The van der Waals surface area contributed by atoms with Gasteiger partial charge in [0.15, 0.2) is 0 Å². The summed E-state index contributed by atoms with van der Waals surface area (Å²) >= 11 is 0. The Balaban J connectivity index is 2.49. The molecule has 0 aromatic heterocycles. The number of unbranched alkanes of at least 4 members (excludes halogenated alkanes) is 1. The molecular formula is C19H39N. The van der Waals surface area contributed by atoms with Gasteiger partial charge >= 0.3 is 0 Å². The van der Waals surface area contributed by atoms with Crippen LogP contribution in [0.2, 0.25) is 0 Å². The molecule has 1 N–H and O–H groups in total. The van der Waals surface area contributed by atoms with Crippen LogP contribution in [0, 0.1) is 17.8 Å². The fourth-order valence-corrected chi connectivity index (χ4v) is 3.96. The van der Waals surface area contributed by atoms with E-state index in [1.54, 1.807) is 0 Å². The standard InChI is InChI=1S/C19H39N/c1-5-9-10-16(7-3)15-19(20-13-6-2)18-12-11-17(8-4)14-18/h16-20H,5-15H2,1-4H3. The normalized spacial score (nSPS) is 25.8. The summed E-state index contributed by atoms with van der Waals surface area (Å²) < 4.78 is 0. The molecule has 1 rings (SSSR count). The van der Waals surface area contributed by atoms with Crippen molar-refractivity contribution in [2.45, 2.75) is 97.9 Å². The Kier molecular flexibility index (Phi) is 9.59. The van der Waals surface area contributed by atoms with Crippen molar-refractivity contribution in [1.82, 2.24) is 5.32 Å². The Morgan fingerprint density at radius 2 is 1.85 bits per heavy atom. The largest absolute Gasteiger partial charge is 0.314 e. The summed E-state index contributed by atoms with van der Waals surface area (Å²) in [7, 11) is 0. The van der Waals surface area contributed by atoms with Crippen molar-refractivity contribution in [3.8, 4) is 0 Å². The van der Waals surface area contributed by atoms with Gasteiger partial charge in [0.2, 0.25) is 0 Å². The van der Waals surface area contributed by atoms with Crippen LogP contribution in [0.1, 0.15) is 91.9 Å². The van der Waals surface area contributed by atoms with Gasteiger partial charge in [0.25, 0.3) is 0 Å². The predicted octanol–water partition coefficient (Wildman–Crippen LogP) is 5.79. The molecule has 0 saturated heterocycles. The van der Waals surface area contributed by atoms with Crippen molar-refractivity contribution in [2.75, 3.05) is 6.54 Å². The lowest BCUT2D eigenvalue weighted by Crippen LogP contribution is -2.37. The van der Waals surface area contributed by atoms with Gasteiger partial charge in [0.1, 0.15) is 0 Å². The third kappa shape index (κ3) is 6.16. The fourth-order valence-electron chi connectivity index (χ4n) is 3.96. The van der Waals surface area contributed by atoms with E-state index in [0.29, 0.717) is 0 Å². The lowest BCUT2D eigenvalue weighted by atomic mass is 9.85. The van der Waals surface area contributed by atoms with E-state index in [1.165, 1.54) is 70.8 Å². The second-order valence-electron chi connectivity index (χ2n) is 7.06. The lowest BCUT2D eigenvalue weighted by Gasteiger charge is -2.29. The molecule has 1 fully saturated rings. The van der Waals surface area contributed by atoms with E-state index in [-0.39, 0.29) is 0 Å². The minimum absolute atomic E-state index is 0.799. The fraction of sp³-hybridized carbons (Fsp3) is 1.00. The number of rotatable bonds is 11. The number of hydrogen-bond donors (Lipinski definition) is 1. The van der Waals surface area contributed by atoms with Crippen LogP contribution >= 0.6 is 0 Å². The molecule has 20 heavy (non-hydrogen) atoms. The Labute approximate surface area is 128 Å². The minimum Gasteiger partial charge on any atom is -0.314 e. The van der Waals surface area contributed by atoms with Gasteiger partial charge in [-0.15, -0.1) is 0 Å². The first kappa shape index (κ1) is 18.0. The van der Waals surface area contributed by atoms with Crippen molar-refractivity contribution in [3.05, 3.63) is 0 Å². The van der Waals surface area contributed by atoms with Crippen LogP contribution in [-0.4, -0.2) is 12.6 Å². The molecule has 1 aliphatic carbocycles. The maximum atomic E-state index is 3.90. The SMILES string of the molecule is CCCCC(CC)CC(NCCC)C1CCC(CC)C1. The summed E-state index contributed by atoms with van der Waals surface area (Å²) in [5.74, 6) is 2.92. The highest BCUT2D eigenvalue weighted by molar-refractivity contribution is 4.85. The van der Waals surface area contributed by atoms with E-state index in [1.807, 2.05) is 0 Å². The smallest absolute Gasteiger partial charge is 0.00980 e. The first-order chi connectivity index (χ1) is 9.74. The second kappa shape index (κ2) is 10.7. The van der Waals surface area contributed by atoms with E-state index >= 15 is 0 Å². The van der Waals surface area contributed by atoms with Crippen molar-refractivity contribution in [3.63, 3.8) is 0 Å². The van der Waals surface area contributed by atoms with Crippen LogP contribution in [0.5, 0.6) is 0 Å². The first-order valence-electron chi connectivity index (χ1n) is 9.48. The highest BCUT2D eigenvalue weighted by atomic mass is 14.9. The molecule has 0 heterocycles. The maximum absolute atomic E-state index is 3.90. The van der Waals surface area contributed by atoms with Crippen LogP contribution in [-0.2, 0) is 0 Å². The summed E-state index contributed by atoms with van der Waals surface area (Å²) in [6.07, 6.45) is 14.1. The zero-order chi connectivity index (χ0) is 14.8. The maximum Gasteiger partial charge on any atom is 0.00980 e. The molecule has 4 unspecified atom stereocenters. The monoisotopic (exact) mass is 281 g/mol. The van der Waals surface area contributed by atoms with Gasteiger partial charge in [-0.05, 0) is 50.0 Å². The Morgan fingerprint density at radius 3 is 2.40 bits per heavy atom. The van der Waals surface area contributed by atoms with Crippen molar-refractivity contribution >= 4 is 0 Å². The third-order valence-corrected chi connectivity index (χ3v) is 5.52. The molecule has 0 aliphatic heterocycles. The molecular weight excluding hydrogens is 242 g/mol. The van der Waals surface area contributed by atoms with Gasteiger partial charge in [-0.25, -0.2) is 0 Å². The molecule has 120 valence electrons. The first-order valence-corrected chi connectivity index (χ1v) is 9.48. The lowest BCUT2D eigenvalue weighted by molar-refractivity contribution is 0.272. The molecule has 0 aromatic carbocycles. The average molecular weight is 282 g/mol. The number of nitrogens with one attached hydrogen (secondary N) is 1. The summed E-state index contributed by atoms with van der Waals surface area (Å²) in [4.78, 5) is 0. The zero-order valence-electron chi connectivity index (χ0n) is 14.6. The third-order valence-electron chi connectivity index (χ3n) is 5.52. The molecule has 1 heteroatoms. The van der Waals surface area contributed by atoms with Gasteiger partial charge in [0.05, 0.1) is 0 Å². The number of hydrogen-bond acceptors (Lipinski definition) is 1. The second-order valence-corrected chi connectivity index (χ2v) is 7.06. The van der Waals surface area contributed by atoms with E-state index < -0.39 is 0 Å². The van der Waals surface area contributed by atoms with Crippen molar-refractivity contribution < 1.29 is 0 Å². The van der Waals surface area contributed by atoms with Gasteiger partial charge in [-0.3, -0.25) is 0 Å². The Morgan fingerprint density at radius 1 is 1.05 bits per heavy atom. The summed E-state index contributed by atoms with van der Waals surface area (Å²) in [5.41, 5.74) is 0. The Hall–Kier alpha value is -0.0400. The van der Waals surface area contributed by atoms with Crippen molar-refractivity contribution in [1.29, 1.82) is 0 Å². The molecule has 4 atom stereocenters. The predicted molar refractivity (Wildman–Crippen MR) is 91.1 cm³/mol. The van der Waals surface area contributed by atoms with Crippen LogP contribution < -0.4 is 5.32 Å². The van der Waals surface area contributed by atoms with Gasteiger partial charge in [-0.2, -0.15) is 0 Å². The average Bonchev–Trinajstić information content (AvgIpc) is 2.95. The van der Waals surface area contributed by atoms with E-state index in [0.717, 1.165) is 23.8 Å². The van der Waals surface area contributed by atoms with E-state index in [9.17, 15) is 0 Å². The molecule has 0 bridgehead atoms. The van der Waals surface area contributed by atoms with Gasteiger partial charge in [0, 0.05) is 6.04 Å². The topological polar surface area (TPSA) is 12.0 Å². The molecule has 0 radical (unpaired) electrons. The molecule has 0 aromatic rings. The van der Waals surface area contributed by atoms with Crippen LogP contribution in [0.3, 0.4) is 0 Å². The summed E-state index contributed by atoms with van der Waals surface area (Å²) in [6.45, 7) is 10.6. The molecule has 0 spiro atoms. The van der Waals surface area contributed by atoms with E-state index in [4.69, 9.17) is 0 Å². The molecule has 1 nitrogen and oxygen atoms in total. The molecule has 1 aliphatic rings. The van der Waals surface area contributed by atoms with Crippen LogP contribution in [0.15, 0.2) is 0 Å². The molecule has 1 saturated carbocycles. The van der Waals surface area contributed by atoms with Crippen molar-refractivity contribution in [2.24, 2.45) is 17.8 Å². The zero-order valence-corrected chi connectivity index (χ0v) is 14.6. The minimum atomic E-state index is 0.799. The summed E-state index contributed by atoms with van der Waals surface area (Å²) in [5, 5.41) is 3.90. The molecule has 0 amide bonds. The highest BCUT2D eigenvalue weighted by Crippen LogP contribution is 2.37. The Bertz CT molecular complexity index is 226. The highest BCUT2D eigenvalue weighted by Gasteiger charge is 2.30.